The molecular weight excluding hydrogens is 261 g/mol. The van der Waals surface area contributed by atoms with E-state index in [1.165, 1.54) is 6.07 Å². The predicted octanol–water partition coefficient (Wildman–Crippen LogP) is 0.897. The summed E-state index contributed by atoms with van der Waals surface area (Å²) in [5.74, 6) is 3.95. The molecule has 1 aromatic rings. The van der Waals surface area contributed by atoms with Crippen LogP contribution in [0.5, 0.6) is 0 Å². The first-order valence-electron chi connectivity index (χ1n) is 5.76. The van der Waals surface area contributed by atoms with E-state index < -0.39 is 12.0 Å². The van der Waals surface area contributed by atoms with Gasteiger partial charge >= 0.3 is 6.18 Å². The second-order valence-electron chi connectivity index (χ2n) is 4.50. The van der Waals surface area contributed by atoms with Crippen LogP contribution in [0.2, 0.25) is 0 Å². The molecule has 1 saturated heterocycles. The molecule has 6 nitrogen and oxygen atoms in total. The number of nitrogen functional groups attached to an aromatic ring is 1. The van der Waals surface area contributed by atoms with Crippen molar-refractivity contribution in [2.45, 2.75) is 18.6 Å². The van der Waals surface area contributed by atoms with Gasteiger partial charge in [-0.3, -0.25) is 0 Å². The highest BCUT2D eigenvalue weighted by Crippen LogP contribution is 2.28. The number of anilines is 2. The van der Waals surface area contributed by atoms with Gasteiger partial charge in [-0.25, -0.2) is 15.8 Å². The van der Waals surface area contributed by atoms with Crippen LogP contribution in [0.1, 0.15) is 12.2 Å². The van der Waals surface area contributed by atoms with Crippen molar-refractivity contribution >= 4 is 11.6 Å². The van der Waals surface area contributed by atoms with Gasteiger partial charge in [-0.1, -0.05) is 0 Å². The number of nitrogens with one attached hydrogen (secondary N) is 2. The smallest absolute Gasteiger partial charge is 0.366 e. The zero-order valence-corrected chi connectivity index (χ0v) is 10.3. The van der Waals surface area contributed by atoms with Crippen LogP contribution in [0.25, 0.3) is 0 Å². The molecule has 1 atom stereocenters. The van der Waals surface area contributed by atoms with Crippen LogP contribution in [0.3, 0.4) is 0 Å². The van der Waals surface area contributed by atoms with Crippen LogP contribution in [-0.2, 0) is 6.18 Å². The Morgan fingerprint density at radius 1 is 1.37 bits per heavy atom. The third-order valence-electron chi connectivity index (χ3n) is 2.87. The Labute approximate surface area is 108 Å². The number of likely N-dealkylation sites (N-methyl/N-ethyl adjacent to an activating group) is 1. The van der Waals surface area contributed by atoms with E-state index in [4.69, 9.17) is 5.84 Å². The Bertz CT molecular complexity index is 449. The average molecular weight is 276 g/mol. The minimum atomic E-state index is -4.60. The van der Waals surface area contributed by atoms with Gasteiger partial charge in [0.05, 0.1) is 0 Å². The SMILES string of the molecule is CN1CCC(Nc2cc(NN)nc(C(F)(F)F)n2)C1. The highest BCUT2D eigenvalue weighted by atomic mass is 19.4. The minimum absolute atomic E-state index is 0.0730. The van der Waals surface area contributed by atoms with Gasteiger partial charge in [0.1, 0.15) is 11.6 Å². The molecule has 0 spiro atoms. The predicted molar refractivity (Wildman–Crippen MR) is 64.4 cm³/mol. The lowest BCUT2D eigenvalue weighted by molar-refractivity contribution is -0.144. The van der Waals surface area contributed by atoms with Gasteiger partial charge in [0.25, 0.3) is 0 Å². The van der Waals surface area contributed by atoms with Crippen molar-refractivity contribution < 1.29 is 13.2 Å². The topological polar surface area (TPSA) is 79.1 Å². The Morgan fingerprint density at radius 2 is 2.05 bits per heavy atom. The minimum Gasteiger partial charge on any atom is -0.366 e. The highest BCUT2D eigenvalue weighted by Gasteiger charge is 2.35. The molecule has 1 aliphatic heterocycles. The molecule has 2 rings (SSSR count). The standard InChI is InChI=1S/C10H15F3N6/c1-19-3-2-6(5-19)15-7-4-8(18-14)17-9(16-7)10(11,12)13/h4,6H,2-3,5,14H2,1H3,(H2,15,16,17,18). The molecule has 0 aromatic carbocycles. The van der Waals surface area contributed by atoms with Crippen LogP contribution >= 0.6 is 0 Å². The van der Waals surface area contributed by atoms with Crippen molar-refractivity contribution in [3.63, 3.8) is 0 Å². The Morgan fingerprint density at radius 3 is 2.58 bits per heavy atom. The van der Waals surface area contributed by atoms with Crippen molar-refractivity contribution in [1.82, 2.24) is 14.9 Å². The largest absolute Gasteiger partial charge is 0.451 e. The fraction of sp³-hybridized carbons (Fsp3) is 0.600. The summed E-state index contributed by atoms with van der Waals surface area (Å²) in [7, 11) is 1.95. The van der Waals surface area contributed by atoms with Gasteiger partial charge < -0.3 is 15.6 Å². The molecule has 2 heterocycles. The summed E-state index contributed by atoms with van der Waals surface area (Å²) in [6.45, 7) is 1.66. The number of hydrazine groups is 1. The molecule has 0 saturated carbocycles. The zero-order chi connectivity index (χ0) is 14.0. The number of nitrogens with zero attached hydrogens (tertiary/aromatic N) is 3. The van der Waals surface area contributed by atoms with Crippen molar-refractivity contribution in [1.29, 1.82) is 0 Å². The third-order valence-corrected chi connectivity index (χ3v) is 2.87. The maximum atomic E-state index is 12.6. The number of halogens is 3. The van der Waals surface area contributed by atoms with Crippen LogP contribution < -0.4 is 16.6 Å². The summed E-state index contributed by atoms with van der Waals surface area (Å²) in [5.41, 5.74) is 2.11. The molecular formula is C10H15F3N6. The van der Waals surface area contributed by atoms with E-state index in [0.29, 0.717) is 0 Å². The van der Waals surface area contributed by atoms with Gasteiger partial charge in [-0.2, -0.15) is 13.2 Å². The van der Waals surface area contributed by atoms with Gasteiger partial charge in [0.15, 0.2) is 0 Å². The van der Waals surface area contributed by atoms with E-state index >= 15 is 0 Å². The first-order chi connectivity index (χ1) is 8.88. The highest BCUT2D eigenvalue weighted by molar-refractivity contribution is 5.47. The first kappa shape index (κ1) is 13.8. The molecule has 1 aliphatic rings. The number of nitrogens with two attached hydrogens (primary N) is 1. The van der Waals surface area contributed by atoms with E-state index in [-0.39, 0.29) is 17.7 Å². The molecule has 0 aliphatic carbocycles. The number of alkyl halides is 3. The molecule has 106 valence electrons. The second kappa shape index (κ2) is 5.17. The first-order valence-corrected chi connectivity index (χ1v) is 5.76. The number of likely N-dealkylation sites (tertiary alicyclic amines) is 1. The lowest BCUT2D eigenvalue weighted by atomic mass is 10.2. The summed E-state index contributed by atoms with van der Waals surface area (Å²) in [5, 5.41) is 2.97. The van der Waals surface area contributed by atoms with Crippen LogP contribution in [0.15, 0.2) is 6.07 Å². The number of hydrogen-bond donors (Lipinski definition) is 3. The molecule has 0 amide bonds. The van der Waals surface area contributed by atoms with Gasteiger partial charge in [-0.15, -0.1) is 0 Å². The summed E-state index contributed by atoms with van der Waals surface area (Å²) in [4.78, 5) is 8.86. The van der Waals surface area contributed by atoms with Gasteiger partial charge in [-0.05, 0) is 20.0 Å². The monoisotopic (exact) mass is 276 g/mol. The summed E-state index contributed by atoms with van der Waals surface area (Å²) >= 11 is 0. The lowest BCUT2D eigenvalue weighted by Gasteiger charge is -2.15. The molecule has 0 radical (unpaired) electrons. The molecule has 1 unspecified atom stereocenters. The molecule has 1 aromatic heterocycles. The Hall–Kier alpha value is -1.61. The molecule has 9 heteroatoms. The van der Waals surface area contributed by atoms with Crippen LogP contribution in [-0.4, -0.2) is 41.0 Å². The molecule has 19 heavy (non-hydrogen) atoms. The Balaban J connectivity index is 2.20. The molecule has 1 fully saturated rings. The number of aromatic nitrogens is 2. The maximum absolute atomic E-state index is 12.6. The third kappa shape index (κ3) is 3.44. The van der Waals surface area contributed by atoms with E-state index in [0.717, 1.165) is 19.5 Å². The van der Waals surface area contributed by atoms with E-state index in [1.807, 2.05) is 7.05 Å². The fourth-order valence-corrected chi connectivity index (χ4v) is 1.98. The van der Waals surface area contributed by atoms with Crippen LogP contribution in [0.4, 0.5) is 24.8 Å². The zero-order valence-electron chi connectivity index (χ0n) is 10.3. The van der Waals surface area contributed by atoms with Crippen LogP contribution in [0, 0.1) is 0 Å². The Kier molecular flexibility index (Phi) is 3.76. The van der Waals surface area contributed by atoms with E-state index in [9.17, 15) is 13.2 Å². The molecule has 0 bridgehead atoms. The maximum Gasteiger partial charge on any atom is 0.451 e. The van der Waals surface area contributed by atoms with Crippen molar-refractivity contribution in [2.75, 3.05) is 30.9 Å². The van der Waals surface area contributed by atoms with Crippen molar-refractivity contribution in [3.8, 4) is 0 Å². The van der Waals surface area contributed by atoms with Gasteiger partial charge in [0, 0.05) is 18.7 Å². The van der Waals surface area contributed by atoms with Crippen molar-refractivity contribution in [3.05, 3.63) is 11.9 Å². The summed E-state index contributed by atoms with van der Waals surface area (Å²) in [6.07, 6.45) is -3.75. The number of rotatable bonds is 3. The normalized spacial score (nSPS) is 20.6. The fourth-order valence-electron chi connectivity index (χ4n) is 1.98. The second-order valence-corrected chi connectivity index (χ2v) is 4.50. The molecule has 4 N–H and O–H groups in total. The lowest BCUT2D eigenvalue weighted by Crippen LogP contribution is -2.25. The quantitative estimate of drug-likeness (QED) is 0.562. The van der Waals surface area contributed by atoms with E-state index in [2.05, 4.69) is 25.6 Å². The number of hydrogen-bond acceptors (Lipinski definition) is 6. The van der Waals surface area contributed by atoms with Gasteiger partial charge in [0.2, 0.25) is 5.82 Å². The van der Waals surface area contributed by atoms with Crippen molar-refractivity contribution in [2.24, 2.45) is 5.84 Å². The average Bonchev–Trinajstić information content (AvgIpc) is 2.73. The van der Waals surface area contributed by atoms with E-state index in [1.54, 1.807) is 0 Å². The summed E-state index contributed by atoms with van der Waals surface area (Å²) in [6, 6.07) is 1.43. The summed E-state index contributed by atoms with van der Waals surface area (Å²) < 4.78 is 37.9.